The van der Waals surface area contributed by atoms with Gasteiger partial charge in [-0.2, -0.15) is 0 Å². The lowest BCUT2D eigenvalue weighted by Crippen LogP contribution is -2.45. The van der Waals surface area contributed by atoms with E-state index < -0.39 is 0 Å². The lowest BCUT2D eigenvalue weighted by Gasteiger charge is -2.23. The lowest BCUT2D eigenvalue weighted by molar-refractivity contribution is 0.0893. The predicted octanol–water partition coefficient (Wildman–Crippen LogP) is 1.67. The van der Waals surface area contributed by atoms with Crippen LogP contribution in [-0.2, 0) is 0 Å². The first-order valence-corrected chi connectivity index (χ1v) is 6.69. The number of rotatable bonds is 4. The van der Waals surface area contributed by atoms with E-state index in [4.69, 9.17) is 4.52 Å². The van der Waals surface area contributed by atoms with Crippen LogP contribution in [0.2, 0.25) is 0 Å². The number of hydrogen-bond acceptors (Lipinski definition) is 4. The highest BCUT2D eigenvalue weighted by atomic mass is 16.5. The molecule has 1 aliphatic heterocycles. The average molecular weight is 251 g/mol. The molecule has 1 saturated heterocycles. The highest BCUT2D eigenvalue weighted by Crippen LogP contribution is 2.18. The fraction of sp³-hybridized carbons (Fsp3) is 0.692. The van der Waals surface area contributed by atoms with Crippen molar-refractivity contribution in [3.8, 4) is 0 Å². The Hall–Kier alpha value is -1.36. The molecule has 1 unspecified atom stereocenters. The van der Waals surface area contributed by atoms with Crippen LogP contribution in [-0.4, -0.2) is 30.2 Å². The molecular formula is C13H21N3O2. The number of aromatic nitrogens is 1. The van der Waals surface area contributed by atoms with Crippen molar-refractivity contribution in [2.45, 2.75) is 45.1 Å². The van der Waals surface area contributed by atoms with Crippen molar-refractivity contribution in [1.82, 2.24) is 15.8 Å². The summed E-state index contributed by atoms with van der Waals surface area (Å²) >= 11 is 0. The molecule has 2 heterocycles. The normalized spacial score (nSPS) is 21.6. The first kappa shape index (κ1) is 13.1. The Bertz CT molecular complexity index is 397. The van der Waals surface area contributed by atoms with Crippen LogP contribution in [0.3, 0.4) is 0 Å². The molecule has 2 rings (SSSR count). The minimum absolute atomic E-state index is 0.161. The summed E-state index contributed by atoms with van der Waals surface area (Å²) in [5, 5.41) is 10.2. The van der Waals surface area contributed by atoms with Gasteiger partial charge in [-0.15, -0.1) is 0 Å². The van der Waals surface area contributed by atoms with Gasteiger partial charge in [0.1, 0.15) is 0 Å². The van der Waals surface area contributed by atoms with Crippen LogP contribution >= 0.6 is 0 Å². The molecule has 100 valence electrons. The highest BCUT2D eigenvalue weighted by molar-refractivity contribution is 5.91. The van der Waals surface area contributed by atoms with Crippen molar-refractivity contribution < 1.29 is 9.32 Å². The highest BCUT2D eigenvalue weighted by Gasteiger charge is 2.20. The van der Waals surface area contributed by atoms with Crippen LogP contribution in [0.25, 0.3) is 0 Å². The smallest absolute Gasteiger partial charge is 0.290 e. The van der Waals surface area contributed by atoms with Crippen LogP contribution in [0.5, 0.6) is 0 Å². The summed E-state index contributed by atoms with van der Waals surface area (Å²) in [4.78, 5) is 12.0. The second kappa shape index (κ2) is 6.00. The average Bonchev–Trinajstić information content (AvgIpc) is 2.88. The lowest BCUT2D eigenvalue weighted by atomic mass is 10.1. The van der Waals surface area contributed by atoms with Gasteiger partial charge in [-0.25, -0.2) is 0 Å². The van der Waals surface area contributed by atoms with Gasteiger partial charge in [-0.05, 0) is 25.8 Å². The summed E-state index contributed by atoms with van der Waals surface area (Å²) in [5.74, 6) is 0.480. The van der Waals surface area contributed by atoms with Gasteiger partial charge in [-0.1, -0.05) is 19.0 Å². The number of carbonyl (C=O) groups is 1. The SMILES string of the molecule is CCC(C)c1cc(C(=O)N[C@H]2CCCNC2)on1. The molecule has 2 N–H and O–H groups in total. The Morgan fingerprint density at radius 1 is 1.72 bits per heavy atom. The van der Waals surface area contributed by atoms with Crippen molar-refractivity contribution in [3.63, 3.8) is 0 Å². The monoisotopic (exact) mass is 251 g/mol. The number of amides is 1. The van der Waals surface area contributed by atoms with Crippen molar-refractivity contribution in [1.29, 1.82) is 0 Å². The third-order valence-electron chi connectivity index (χ3n) is 3.50. The first-order chi connectivity index (χ1) is 8.70. The van der Waals surface area contributed by atoms with Crippen molar-refractivity contribution >= 4 is 5.91 Å². The summed E-state index contributed by atoms with van der Waals surface area (Å²) < 4.78 is 5.11. The molecule has 1 aliphatic rings. The second-order valence-electron chi connectivity index (χ2n) is 4.94. The number of nitrogens with zero attached hydrogens (tertiary/aromatic N) is 1. The minimum atomic E-state index is -0.161. The first-order valence-electron chi connectivity index (χ1n) is 6.69. The fourth-order valence-electron chi connectivity index (χ4n) is 2.07. The Morgan fingerprint density at radius 2 is 2.56 bits per heavy atom. The predicted molar refractivity (Wildman–Crippen MR) is 68.6 cm³/mol. The molecule has 1 aromatic heterocycles. The van der Waals surface area contributed by atoms with E-state index >= 15 is 0 Å². The molecule has 0 aromatic carbocycles. The van der Waals surface area contributed by atoms with Crippen molar-refractivity contribution in [2.24, 2.45) is 0 Å². The zero-order valence-corrected chi connectivity index (χ0v) is 11.0. The number of nitrogens with one attached hydrogen (secondary N) is 2. The van der Waals surface area contributed by atoms with Crippen molar-refractivity contribution in [3.05, 3.63) is 17.5 Å². The molecule has 0 saturated carbocycles. The third kappa shape index (κ3) is 3.10. The van der Waals surface area contributed by atoms with Gasteiger partial charge in [0.2, 0.25) is 5.76 Å². The summed E-state index contributed by atoms with van der Waals surface area (Å²) in [6.45, 7) is 6.03. The van der Waals surface area contributed by atoms with Gasteiger partial charge in [-0.3, -0.25) is 4.79 Å². The topological polar surface area (TPSA) is 67.2 Å². The van der Waals surface area contributed by atoms with E-state index in [1.807, 2.05) is 0 Å². The molecule has 5 nitrogen and oxygen atoms in total. The van der Waals surface area contributed by atoms with Crippen LogP contribution < -0.4 is 10.6 Å². The molecule has 0 spiro atoms. The van der Waals surface area contributed by atoms with Gasteiger partial charge in [0.25, 0.3) is 5.91 Å². The maximum absolute atomic E-state index is 12.0. The van der Waals surface area contributed by atoms with Gasteiger partial charge < -0.3 is 15.2 Å². The fourth-order valence-corrected chi connectivity index (χ4v) is 2.07. The van der Waals surface area contributed by atoms with Crippen LogP contribution in [0.15, 0.2) is 10.6 Å². The largest absolute Gasteiger partial charge is 0.351 e. The number of hydrogen-bond donors (Lipinski definition) is 2. The zero-order valence-electron chi connectivity index (χ0n) is 11.0. The number of piperidine rings is 1. The molecule has 1 fully saturated rings. The standard InChI is InChI=1S/C13H21N3O2/c1-3-9(2)11-7-12(18-16-11)13(17)15-10-5-4-6-14-8-10/h7,9-10,14H,3-6,8H2,1-2H3,(H,15,17)/t9?,10-/m0/s1. The maximum Gasteiger partial charge on any atom is 0.290 e. The Labute approximate surface area is 107 Å². The summed E-state index contributed by atoms with van der Waals surface area (Å²) in [6, 6.07) is 1.95. The Morgan fingerprint density at radius 3 is 3.22 bits per heavy atom. The molecule has 5 heteroatoms. The quantitative estimate of drug-likeness (QED) is 0.854. The van der Waals surface area contributed by atoms with E-state index in [0.29, 0.717) is 11.7 Å². The summed E-state index contributed by atoms with van der Waals surface area (Å²) in [6.07, 6.45) is 3.10. The van der Waals surface area contributed by atoms with Gasteiger partial charge in [0.15, 0.2) is 0 Å². The molecule has 2 atom stereocenters. The zero-order chi connectivity index (χ0) is 13.0. The summed E-state index contributed by atoms with van der Waals surface area (Å²) in [7, 11) is 0. The minimum Gasteiger partial charge on any atom is -0.351 e. The summed E-state index contributed by atoms with van der Waals surface area (Å²) in [5.41, 5.74) is 0.851. The van der Waals surface area contributed by atoms with Crippen LogP contribution in [0, 0.1) is 0 Å². The van der Waals surface area contributed by atoms with E-state index in [1.165, 1.54) is 0 Å². The van der Waals surface area contributed by atoms with E-state index in [1.54, 1.807) is 6.07 Å². The van der Waals surface area contributed by atoms with Gasteiger partial charge in [0.05, 0.1) is 5.69 Å². The second-order valence-corrected chi connectivity index (χ2v) is 4.94. The van der Waals surface area contributed by atoms with Gasteiger partial charge >= 0.3 is 0 Å². The number of carbonyl (C=O) groups excluding carboxylic acids is 1. The third-order valence-corrected chi connectivity index (χ3v) is 3.50. The van der Waals surface area contributed by atoms with E-state index in [0.717, 1.165) is 38.0 Å². The molecule has 0 radical (unpaired) electrons. The molecule has 0 aliphatic carbocycles. The molecule has 1 amide bonds. The molecule has 0 bridgehead atoms. The Kier molecular flexibility index (Phi) is 4.36. The van der Waals surface area contributed by atoms with Crippen molar-refractivity contribution in [2.75, 3.05) is 13.1 Å². The molecule has 1 aromatic rings. The van der Waals surface area contributed by atoms with E-state index in [-0.39, 0.29) is 11.9 Å². The van der Waals surface area contributed by atoms with Crippen LogP contribution in [0.4, 0.5) is 0 Å². The van der Waals surface area contributed by atoms with E-state index in [9.17, 15) is 4.79 Å². The molecular weight excluding hydrogens is 230 g/mol. The maximum atomic E-state index is 12.0. The molecule has 18 heavy (non-hydrogen) atoms. The van der Waals surface area contributed by atoms with Crippen LogP contribution in [0.1, 0.15) is 55.3 Å². The Balaban J connectivity index is 1.93. The van der Waals surface area contributed by atoms with E-state index in [2.05, 4.69) is 29.6 Å². The van der Waals surface area contributed by atoms with Gasteiger partial charge in [0, 0.05) is 24.6 Å².